The van der Waals surface area contributed by atoms with E-state index in [0.29, 0.717) is 0 Å². The van der Waals surface area contributed by atoms with Crippen molar-refractivity contribution in [3.63, 3.8) is 0 Å². The van der Waals surface area contributed by atoms with Crippen LogP contribution in [0.15, 0.2) is 48.9 Å². The Labute approximate surface area is 149 Å². The van der Waals surface area contributed by atoms with Crippen molar-refractivity contribution in [1.82, 2.24) is 29.5 Å². The van der Waals surface area contributed by atoms with Crippen molar-refractivity contribution >= 4 is 0 Å². The van der Waals surface area contributed by atoms with Crippen LogP contribution in [0, 0.1) is 6.92 Å². The maximum Gasteiger partial charge on any atom is 0.110 e. The number of nitrogens with one attached hydrogen (secondary N) is 1. The van der Waals surface area contributed by atoms with E-state index in [4.69, 9.17) is 0 Å². The van der Waals surface area contributed by atoms with Crippen LogP contribution in [0.4, 0.5) is 0 Å². The van der Waals surface area contributed by atoms with Gasteiger partial charge in [0.2, 0.25) is 0 Å². The summed E-state index contributed by atoms with van der Waals surface area (Å²) in [6.45, 7) is 3.65. The number of imidazole rings is 1. The maximum atomic E-state index is 4.49. The average molecular weight is 338 g/mol. The number of likely N-dealkylation sites (N-methyl/N-ethyl adjacent to an activating group) is 1. The summed E-state index contributed by atoms with van der Waals surface area (Å²) >= 11 is 0. The van der Waals surface area contributed by atoms with Crippen LogP contribution in [0.3, 0.4) is 0 Å². The van der Waals surface area contributed by atoms with Gasteiger partial charge >= 0.3 is 0 Å². The Balaban J connectivity index is 1.70. The summed E-state index contributed by atoms with van der Waals surface area (Å²) < 4.78 is 4.04. The van der Waals surface area contributed by atoms with Gasteiger partial charge in [-0.2, -0.15) is 5.10 Å². The van der Waals surface area contributed by atoms with Gasteiger partial charge in [-0.15, -0.1) is 0 Å². The minimum absolute atomic E-state index is 0.280. The largest absolute Gasteiger partial charge is 0.309 e. The lowest BCUT2D eigenvalue weighted by Crippen LogP contribution is -2.31. The predicted molar refractivity (Wildman–Crippen MR) is 99.6 cm³/mol. The molecule has 2 heterocycles. The zero-order valence-electron chi connectivity index (χ0n) is 15.3. The SMILES string of the molecule is Cc1ncc(CNCC(c2cnn(C)c2)N(C)C)n1-c1ccccc1. The molecule has 0 radical (unpaired) electrons. The van der Waals surface area contributed by atoms with Crippen LogP contribution in [0.25, 0.3) is 5.69 Å². The molecule has 2 aromatic heterocycles. The number of nitrogens with zero attached hydrogens (tertiary/aromatic N) is 5. The Morgan fingerprint density at radius 1 is 1.16 bits per heavy atom. The molecule has 0 saturated heterocycles. The quantitative estimate of drug-likeness (QED) is 0.718. The van der Waals surface area contributed by atoms with Crippen molar-refractivity contribution in [3.8, 4) is 5.69 Å². The molecular weight excluding hydrogens is 312 g/mol. The van der Waals surface area contributed by atoms with Crippen LogP contribution < -0.4 is 5.32 Å². The first-order chi connectivity index (χ1) is 12.1. The Bertz CT molecular complexity index is 802. The third kappa shape index (κ3) is 3.97. The maximum absolute atomic E-state index is 4.49. The molecule has 132 valence electrons. The molecule has 0 aliphatic rings. The Morgan fingerprint density at radius 3 is 2.56 bits per heavy atom. The van der Waals surface area contributed by atoms with Crippen molar-refractivity contribution in [2.45, 2.75) is 19.5 Å². The van der Waals surface area contributed by atoms with Crippen LogP contribution >= 0.6 is 0 Å². The monoisotopic (exact) mass is 338 g/mol. The van der Waals surface area contributed by atoms with Crippen LogP contribution in [-0.4, -0.2) is 44.9 Å². The third-order valence-electron chi connectivity index (χ3n) is 4.40. The van der Waals surface area contributed by atoms with Crippen molar-refractivity contribution in [3.05, 3.63) is 66.0 Å². The summed E-state index contributed by atoms with van der Waals surface area (Å²) in [7, 11) is 6.14. The molecule has 6 heteroatoms. The highest BCUT2D eigenvalue weighted by molar-refractivity contribution is 5.35. The van der Waals surface area contributed by atoms with Gasteiger partial charge in [-0.25, -0.2) is 4.98 Å². The van der Waals surface area contributed by atoms with Crippen molar-refractivity contribution < 1.29 is 0 Å². The molecule has 1 aromatic carbocycles. The summed E-state index contributed by atoms with van der Waals surface area (Å²) in [6.07, 6.45) is 5.96. The summed E-state index contributed by atoms with van der Waals surface area (Å²) in [5, 5.41) is 7.87. The molecular formula is C19H26N6. The third-order valence-corrected chi connectivity index (χ3v) is 4.40. The molecule has 1 atom stereocenters. The number of rotatable bonds is 7. The first-order valence-electron chi connectivity index (χ1n) is 8.50. The summed E-state index contributed by atoms with van der Waals surface area (Å²) in [5.41, 5.74) is 3.52. The van der Waals surface area contributed by atoms with Crippen molar-refractivity contribution in [2.24, 2.45) is 7.05 Å². The standard InChI is InChI=1S/C19H26N6/c1-15-21-12-18(25(15)17-8-6-5-7-9-17)11-20-13-19(23(2)3)16-10-22-24(4)14-16/h5-10,12,14,19-20H,11,13H2,1-4H3. The normalized spacial score (nSPS) is 12.7. The van der Waals surface area contributed by atoms with Gasteiger partial charge in [0.1, 0.15) is 5.82 Å². The molecule has 0 aliphatic carbocycles. The fourth-order valence-electron chi connectivity index (χ4n) is 3.09. The van der Waals surface area contributed by atoms with E-state index in [0.717, 1.165) is 30.3 Å². The molecule has 1 unspecified atom stereocenters. The molecule has 3 rings (SSSR count). The fraction of sp³-hybridized carbons (Fsp3) is 0.368. The fourth-order valence-corrected chi connectivity index (χ4v) is 3.09. The van der Waals surface area contributed by atoms with E-state index in [1.54, 1.807) is 0 Å². The number of aromatic nitrogens is 4. The molecule has 0 aliphatic heterocycles. The zero-order chi connectivity index (χ0) is 17.8. The Morgan fingerprint density at radius 2 is 1.92 bits per heavy atom. The summed E-state index contributed by atoms with van der Waals surface area (Å²) in [6, 6.07) is 10.6. The van der Waals surface area contributed by atoms with E-state index in [-0.39, 0.29) is 6.04 Å². The van der Waals surface area contributed by atoms with Gasteiger partial charge in [0.15, 0.2) is 0 Å². The van der Waals surface area contributed by atoms with Gasteiger partial charge < -0.3 is 10.2 Å². The van der Waals surface area contributed by atoms with E-state index in [1.165, 1.54) is 5.56 Å². The first kappa shape index (κ1) is 17.4. The number of benzene rings is 1. The highest BCUT2D eigenvalue weighted by Gasteiger charge is 2.16. The van der Waals surface area contributed by atoms with E-state index in [2.05, 4.69) is 69.4 Å². The molecule has 0 fully saturated rings. The molecule has 0 bridgehead atoms. The number of aryl methyl sites for hydroxylation is 2. The molecule has 0 amide bonds. The lowest BCUT2D eigenvalue weighted by Gasteiger charge is -2.23. The van der Waals surface area contributed by atoms with Crippen LogP contribution in [-0.2, 0) is 13.6 Å². The van der Waals surface area contributed by atoms with Gasteiger partial charge in [0.05, 0.1) is 18.1 Å². The van der Waals surface area contributed by atoms with Gasteiger partial charge in [-0.3, -0.25) is 9.25 Å². The van der Waals surface area contributed by atoms with Crippen LogP contribution in [0.1, 0.15) is 23.1 Å². The highest BCUT2D eigenvalue weighted by Crippen LogP contribution is 2.17. The van der Waals surface area contributed by atoms with Crippen molar-refractivity contribution in [2.75, 3.05) is 20.6 Å². The number of para-hydroxylation sites is 1. The van der Waals surface area contributed by atoms with Crippen LogP contribution in [0.2, 0.25) is 0 Å². The van der Waals surface area contributed by atoms with Gasteiger partial charge in [0.25, 0.3) is 0 Å². The molecule has 6 nitrogen and oxygen atoms in total. The minimum Gasteiger partial charge on any atom is -0.309 e. The second-order valence-corrected chi connectivity index (χ2v) is 6.53. The molecule has 0 spiro atoms. The summed E-state index contributed by atoms with van der Waals surface area (Å²) in [5.74, 6) is 0.999. The smallest absolute Gasteiger partial charge is 0.110 e. The predicted octanol–water partition coefficient (Wildman–Crippen LogP) is 2.31. The van der Waals surface area contributed by atoms with E-state index >= 15 is 0 Å². The van der Waals surface area contributed by atoms with Crippen molar-refractivity contribution in [1.29, 1.82) is 0 Å². The lowest BCUT2D eigenvalue weighted by molar-refractivity contribution is 0.288. The van der Waals surface area contributed by atoms with Gasteiger partial charge in [0, 0.05) is 43.6 Å². The molecule has 0 saturated carbocycles. The Kier molecular flexibility index (Phi) is 5.31. The average Bonchev–Trinajstić information content (AvgIpc) is 3.18. The van der Waals surface area contributed by atoms with E-state index in [1.807, 2.05) is 37.1 Å². The number of hydrogen-bond acceptors (Lipinski definition) is 4. The van der Waals surface area contributed by atoms with E-state index in [9.17, 15) is 0 Å². The second kappa shape index (κ2) is 7.63. The molecule has 1 N–H and O–H groups in total. The highest BCUT2D eigenvalue weighted by atomic mass is 15.2. The van der Waals surface area contributed by atoms with Gasteiger partial charge in [-0.05, 0) is 33.2 Å². The molecule has 25 heavy (non-hydrogen) atoms. The topological polar surface area (TPSA) is 50.9 Å². The Hall–Kier alpha value is -2.44. The van der Waals surface area contributed by atoms with Crippen LogP contribution in [0.5, 0.6) is 0 Å². The molecule has 3 aromatic rings. The second-order valence-electron chi connectivity index (χ2n) is 6.53. The lowest BCUT2D eigenvalue weighted by atomic mass is 10.1. The van der Waals surface area contributed by atoms with E-state index < -0.39 is 0 Å². The minimum atomic E-state index is 0.280. The van der Waals surface area contributed by atoms with Gasteiger partial charge in [-0.1, -0.05) is 18.2 Å². The number of hydrogen-bond donors (Lipinski definition) is 1. The summed E-state index contributed by atoms with van der Waals surface area (Å²) in [4.78, 5) is 6.70. The first-order valence-corrected chi connectivity index (χ1v) is 8.50. The zero-order valence-corrected chi connectivity index (χ0v) is 15.3.